The van der Waals surface area contributed by atoms with Gasteiger partial charge in [0.15, 0.2) is 11.5 Å². The Labute approximate surface area is 212 Å². The maximum absolute atomic E-state index is 14.4. The Morgan fingerprint density at radius 1 is 1.03 bits per heavy atom. The Bertz CT molecular complexity index is 1520. The Balaban J connectivity index is 1.65. The van der Waals surface area contributed by atoms with E-state index < -0.39 is 47.0 Å². The zero-order valence-electron chi connectivity index (χ0n) is 19.5. The summed E-state index contributed by atoms with van der Waals surface area (Å²) in [5.74, 6) is -2.99. The van der Waals surface area contributed by atoms with Crippen LogP contribution in [0.25, 0.3) is 22.0 Å². The van der Waals surface area contributed by atoms with E-state index in [0.717, 1.165) is 12.1 Å². The second-order valence-electron chi connectivity index (χ2n) is 8.55. The van der Waals surface area contributed by atoms with Crippen molar-refractivity contribution in [1.29, 1.82) is 0 Å². The van der Waals surface area contributed by atoms with Gasteiger partial charge < -0.3 is 19.9 Å². The molecule has 0 spiro atoms. The number of aromatic nitrogens is 1. The number of hydrogen-bond donors (Lipinski definition) is 2. The Hall–Kier alpha value is -4.41. The number of halogens is 5. The van der Waals surface area contributed by atoms with E-state index >= 15 is 0 Å². The van der Waals surface area contributed by atoms with Gasteiger partial charge in [-0.25, -0.2) is 8.78 Å². The smallest absolute Gasteiger partial charge is 0.419 e. The van der Waals surface area contributed by atoms with Gasteiger partial charge in [0.05, 0.1) is 11.3 Å². The molecule has 1 aromatic heterocycles. The Morgan fingerprint density at radius 2 is 1.76 bits per heavy atom. The lowest BCUT2D eigenvalue weighted by molar-refractivity contribution is -0.137. The monoisotopic (exact) mass is 530 g/mol. The highest BCUT2D eigenvalue weighted by Crippen LogP contribution is 2.48. The van der Waals surface area contributed by atoms with Crippen molar-refractivity contribution in [3.8, 4) is 22.8 Å². The maximum Gasteiger partial charge on any atom is 0.419 e. The summed E-state index contributed by atoms with van der Waals surface area (Å²) < 4.78 is 83.3. The number of pyridine rings is 1. The maximum atomic E-state index is 14.4. The van der Waals surface area contributed by atoms with E-state index in [0.29, 0.717) is 5.56 Å². The van der Waals surface area contributed by atoms with Crippen molar-refractivity contribution < 1.29 is 41.3 Å². The van der Waals surface area contributed by atoms with Gasteiger partial charge in [0.25, 0.3) is 0 Å². The zero-order chi connectivity index (χ0) is 27.0. The predicted molar refractivity (Wildman–Crippen MR) is 128 cm³/mol. The summed E-state index contributed by atoms with van der Waals surface area (Å²) in [4.78, 5) is 15.2. The summed E-state index contributed by atoms with van der Waals surface area (Å²) in [6, 6.07) is 12.0. The predicted octanol–water partition coefficient (Wildman–Crippen LogP) is 6.43. The van der Waals surface area contributed by atoms with E-state index in [1.165, 1.54) is 42.6 Å². The molecule has 0 saturated carbocycles. The average molecular weight is 530 g/mol. The van der Waals surface area contributed by atoms with Gasteiger partial charge >= 0.3 is 12.1 Å². The van der Waals surface area contributed by atoms with E-state index in [9.17, 15) is 26.7 Å². The second kappa shape index (κ2) is 9.81. The molecule has 196 valence electrons. The van der Waals surface area contributed by atoms with Gasteiger partial charge in [0.2, 0.25) is 6.23 Å². The zero-order valence-corrected chi connectivity index (χ0v) is 19.5. The van der Waals surface area contributed by atoms with Crippen molar-refractivity contribution >= 4 is 22.4 Å². The lowest BCUT2D eigenvalue weighted by Gasteiger charge is -2.31. The summed E-state index contributed by atoms with van der Waals surface area (Å²) in [7, 11) is 0. The minimum Gasteiger partial charge on any atom is -0.483 e. The first-order chi connectivity index (χ1) is 18.1. The highest BCUT2D eigenvalue weighted by molar-refractivity contribution is 5.91. The number of nitrogens with zero attached hydrogens (tertiary/aromatic N) is 1. The molecule has 5 rings (SSSR count). The van der Waals surface area contributed by atoms with Gasteiger partial charge in [-0.15, -0.1) is 0 Å². The molecule has 0 bridgehead atoms. The number of fused-ring (bicyclic) bond motifs is 2. The third kappa shape index (κ3) is 4.79. The van der Waals surface area contributed by atoms with Crippen LogP contribution in [-0.4, -0.2) is 28.9 Å². The molecule has 0 unspecified atom stereocenters. The SMILES string of the molecule is O=C(O)CCc1ccc(-c2ncc3ccccc3c2C(F)(F)F)c2c1OC[C@@H](Nc1c(F)cccc1F)O2. The first kappa shape index (κ1) is 25.2. The highest BCUT2D eigenvalue weighted by Gasteiger charge is 2.39. The minimum absolute atomic E-state index is 0.0125. The Kier molecular flexibility index (Phi) is 6.52. The molecule has 6 nitrogen and oxygen atoms in total. The summed E-state index contributed by atoms with van der Waals surface area (Å²) in [6.07, 6.45) is -4.92. The van der Waals surface area contributed by atoms with Crippen LogP contribution in [0.2, 0.25) is 0 Å². The summed E-state index contributed by atoms with van der Waals surface area (Å²) >= 11 is 0. The number of carboxylic acids is 1. The normalized spacial score (nSPS) is 14.9. The third-order valence-electron chi connectivity index (χ3n) is 6.05. The Morgan fingerprint density at radius 3 is 2.47 bits per heavy atom. The van der Waals surface area contributed by atoms with Gasteiger partial charge in [-0.05, 0) is 35.6 Å². The topological polar surface area (TPSA) is 80.7 Å². The van der Waals surface area contributed by atoms with Gasteiger partial charge in [0.1, 0.15) is 23.9 Å². The summed E-state index contributed by atoms with van der Waals surface area (Å²) in [6.45, 7) is -0.262. The standard InChI is InChI=1S/C27H19F5N2O4/c28-18-6-3-7-19(29)24(18)34-20-13-37-25-14(9-11-21(35)36)8-10-17(26(25)38-20)23-22(27(30,31)32)16-5-2-1-4-15(16)12-33-23/h1-8,10,12,20,34H,9,11,13H2,(H,35,36)/t20-/m0/s1. The van der Waals surface area contributed by atoms with Gasteiger partial charge in [-0.1, -0.05) is 36.4 Å². The number of carboxylic acid groups (broad SMARTS) is 1. The van der Waals surface area contributed by atoms with Crippen LogP contribution >= 0.6 is 0 Å². The summed E-state index contributed by atoms with van der Waals surface area (Å²) in [5.41, 5.74) is -1.60. The number of aryl methyl sites for hydroxylation is 1. The third-order valence-corrected chi connectivity index (χ3v) is 6.05. The van der Waals surface area contributed by atoms with Crippen LogP contribution in [0, 0.1) is 11.6 Å². The number of para-hydroxylation sites is 1. The number of carbonyl (C=O) groups is 1. The molecule has 0 fully saturated rings. The molecule has 38 heavy (non-hydrogen) atoms. The van der Waals surface area contributed by atoms with E-state index in [2.05, 4.69) is 10.3 Å². The van der Waals surface area contributed by atoms with Crippen LogP contribution in [0.3, 0.4) is 0 Å². The molecular weight excluding hydrogens is 511 g/mol. The molecule has 1 atom stereocenters. The fourth-order valence-electron chi connectivity index (χ4n) is 4.36. The number of alkyl halides is 3. The molecular formula is C27H19F5N2O4. The number of benzene rings is 3. The number of rotatable bonds is 6. The molecule has 2 N–H and O–H groups in total. The average Bonchev–Trinajstić information content (AvgIpc) is 2.88. The lowest BCUT2D eigenvalue weighted by atomic mass is 9.96. The van der Waals surface area contributed by atoms with E-state index in [1.54, 1.807) is 6.07 Å². The molecule has 0 amide bonds. The van der Waals surface area contributed by atoms with Crippen molar-refractivity contribution in [3.63, 3.8) is 0 Å². The highest BCUT2D eigenvalue weighted by atomic mass is 19.4. The summed E-state index contributed by atoms with van der Waals surface area (Å²) in [5, 5.41) is 11.9. The number of ether oxygens (including phenoxy) is 2. The quantitative estimate of drug-likeness (QED) is 0.280. The van der Waals surface area contributed by atoms with Crippen molar-refractivity contribution in [2.24, 2.45) is 0 Å². The molecule has 0 saturated heterocycles. The van der Waals surface area contributed by atoms with Crippen LogP contribution in [0.5, 0.6) is 11.5 Å². The van der Waals surface area contributed by atoms with Crippen molar-refractivity contribution in [3.05, 3.63) is 83.6 Å². The van der Waals surface area contributed by atoms with E-state index in [1.807, 2.05) is 0 Å². The second-order valence-corrected chi connectivity index (χ2v) is 8.55. The van der Waals surface area contributed by atoms with Crippen molar-refractivity contribution in [2.45, 2.75) is 25.2 Å². The number of nitrogens with one attached hydrogen (secondary N) is 1. The van der Waals surface area contributed by atoms with Gasteiger partial charge in [0, 0.05) is 23.6 Å². The van der Waals surface area contributed by atoms with Crippen LogP contribution in [0.15, 0.2) is 60.8 Å². The molecule has 11 heteroatoms. The molecule has 1 aliphatic heterocycles. The molecule has 1 aliphatic rings. The first-order valence-corrected chi connectivity index (χ1v) is 11.5. The molecule has 0 aliphatic carbocycles. The van der Waals surface area contributed by atoms with Crippen LogP contribution < -0.4 is 14.8 Å². The van der Waals surface area contributed by atoms with E-state index in [-0.39, 0.29) is 47.3 Å². The van der Waals surface area contributed by atoms with Gasteiger partial charge in [-0.3, -0.25) is 9.78 Å². The molecule has 0 radical (unpaired) electrons. The largest absolute Gasteiger partial charge is 0.483 e. The number of anilines is 1. The van der Waals surface area contributed by atoms with Crippen LogP contribution in [-0.2, 0) is 17.4 Å². The molecule has 4 aromatic rings. The van der Waals surface area contributed by atoms with Crippen molar-refractivity contribution in [1.82, 2.24) is 4.98 Å². The lowest BCUT2D eigenvalue weighted by Crippen LogP contribution is -2.37. The van der Waals surface area contributed by atoms with Crippen molar-refractivity contribution in [2.75, 3.05) is 11.9 Å². The van der Waals surface area contributed by atoms with E-state index in [4.69, 9.17) is 14.6 Å². The first-order valence-electron chi connectivity index (χ1n) is 11.5. The van der Waals surface area contributed by atoms with Crippen LogP contribution in [0.4, 0.5) is 27.6 Å². The number of hydrogen-bond acceptors (Lipinski definition) is 5. The number of aliphatic carboxylic acids is 1. The molecule has 3 aromatic carbocycles. The fraction of sp³-hybridized carbons (Fsp3) is 0.185. The fourth-order valence-corrected chi connectivity index (χ4v) is 4.36. The van der Waals surface area contributed by atoms with Gasteiger partial charge in [-0.2, -0.15) is 13.2 Å². The van der Waals surface area contributed by atoms with Crippen LogP contribution in [0.1, 0.15) is 17.5 Å². The molecule has 2 heterocycles. The minimum atomic E-state index is -4.79.